The van der Waals surface area contributed by atoms with Crippen molar-refractivity contribution in [3.05, 3.63) is 0 Å². The Morgan fingerprint density at radius 1 is 1.44 bits per heavy atom. The number of likely N-dealkylation sites (tertiary alicyclic amines) is 1. The van der Waals surface area contributed by atoms with E-state index in [0.29, 0.717) is 12.5 Å². The van der Waals surface area contributed by atoms with E-state index in [0.717, 1.165) is 45.3 Å². The van der Waals surface area contributed by atoms with Crippen molar-refractivity contribution in [3.8, 4) is 0 Å². The van der Waals surface area contributed by atoms with Crippen LogP contribution in [0.15, 0.2) is 0 Å². The number of amides is 1. The van der Waals surface area contributed by atoms with Gasteiger partial charge in [-0.1, -0.05) is 13.3 Å². The average molecular weight is 256 g/mol. The van der Waals surface area contributed by atoms with E-state index in [9.17, 15) is 9.59 Å². The van der Waals surface area contributed by atoms with Gasteiger partial charge in [0, 0.05) is 19.5 Å². The smallest absolute Gasteiger partial charge is 0.303 e. The zero-order valence-electron chi connectivity index (χ0n) is 11.2. The number of carboxylic acids is 1. The third-order valence-electron chi connectivity index (χ3n) is 3.36. The van der Waals surface area contributed by atoms with Crippen LogP contribution in [-0.2, 0) is 9.59 Å². The number of rotatable bonds is 8. The molecule has 104 valence electrons. The molecule has 1 amide bonds. The van der Waals surface area contributed by atoms with Crippen LogP contribution in [0.1, 0.15) is 39.0 Å². The maximum atomic E-state index is 11.6. The minimum absolute atomic E-state index is 0.0855. The van der Waals surface area contributed by atoms with Gasteiger partial charge in [0.25, 0.3) is 0 Å². The molecule has 5 heteroatoms. The molecular formula is C13H24N2O3. The quantitative estimate of drug-likeness (QED) is 0.638. The first-order valence-corrected chi connectivity index (χ1v) is 6.82. The summed E-state index contributed by atoms with van der Waals surface area (Å²) in [4.78, 5) is 24.2. The number of hydrogen-bond donors (Lipinski definition) is 2. The van der Waals surface area contributed by atoms with E-state index in [2.05, 4.69) is 17.1 Å². The summed E-state index contributed by atoms with van der Waals surface area (Å²) in [6.45, 7) is 5.07. The molecule has 0 aromatic rings. The van der Waals surface area contributed by atoms with Gasteiger partial charge < -0.3 is 10.4 Å². The van der Waals surface area contributed by atoms with Gasteiger partial charge in [-0.05, 0) is 31.7 Å². The molecule has 1 heterocycles. The number of nitrogens with zero attached hydrogens (tertiary/aromatic N) is 1. The van der Waals surface area contributed by atoms with E-state index in [1.165, 1.54) is 0 Å². The Morgan fingerprint density at radius 3 is 2.89 bits per heavy atom. The first-order valence-electron chi connectivity index (χ1n) is 6.82. The van der Waals surface area contributed by atoms with Crippen LogP contribution in [0.5, 0.6) is 0 Å². The lowest BCUT2D eigenvalue weighted by atomic mass is 10.0. The number of carboxylic acid groups (broad SMARTS) is 1. The van der Waals surface area contributed by atoms with Crippen molar-refractivity contribution in [1.29, 1.82) is 0 Å². The van der Waals surface area contributed by atoms with E-state index in [-0.39, 0.29) is 12.3 Å². The molecule has 18 heavy (non-hydrogen) atoms. The summed E-state index contributed by atoms with van der Waals surface area (Å²) in [7, 11) is 0. The van der Waals surface area contributed by atoms with Crippen LogP contribution in [0.3, 0.4) is 0 Å². The summed E-state index contributed by atoms with van der Waals surface area (Å²) in [6.07, 6.45) is 4.08. The summed E-state index contributed by atoms with van der Waals surface area (Å²) >= 11 is 0. The predicted octanol–water partition coefficient (Wildman–Crippen LogP) is 1.09. The summed E-state index contributed by atoms with van der Waals surface area (Å²) < 4.78 is 0. The molecule has 1 saturated heterocycles. The first-order chi connectivity index (χ1) is 8.61. The van der Waals surface area contributed by atoms with Crippen molar-refractivity contribution >= 4 is 11.9 Å². The van der Waals surface area contributed by atoms with Crippen LogP contribution < -0.4 is 5.32 Å². The molecule has 1 rings (SSSR count). The molecule has 0 aromatic carbocycles. The largest absolute Gasteiger partial charge is 0.481 e. The number of carbonyl (C=O) groups is 2. The maximum absolute atomic E-state index is 11.6. The summed E-state index contributed by atoms with van der Waals surface area (Å²) in [5.41, 5.74) is 0. The van der Waals surface area contributed by atoms with Gasteiger partial charge >= 0.3 is 5.97 Å². The highest BCUT2D eigenvalue weighted by atomic mass is 16.4. The summed E-state index contributed by atoms with van der Waals surface area (Å²) in [5.74, 6) is -0.211. The van der Waals surface area contributed by atoms with E-state index in [1.54, 1.807) is 0 Å². The third-order valence-corrected chi connectivity index (χ3v) is 3.36. The predicted molar refractivity (Wildman–Crippen MR) is 69.3 cm³/mol. The van der Waals surface area contributed by atoms with Gasteiger partial charge in [-0.2, -0.15) is 0 Å². The summed E-state index contributed by atoms with van der Waals surface area (Å²) in [6, 6.07) is 0. The molecule has 0 spiro atoms. The Kier molecular flexibility index (Phi) is 6.72. The van der Waals surface area contributed by atoms with Crippen LogP contribution in [0, 0.1) is 5.92 Å². The Morgan fingerprint density at radius 2 is 2.22 bits per heavy atom. The Labute approximate surface area is 109 Å². The van der Waals surface area contributed by atoms with E-state index < -0.39 is 5.97 Å². The second kappa shape index (κ2) is 8.08. The van der Waals surface area contributed by atoms with Crippen molar-refractivity contribution in [2.24, 2.45) is 5.92 Å². The molecule has 0 radical (unpaired) electrons. The molecule has 1 aliphatic rings. The molecule has 0 saturated carbocycles. The maximum Gasteiger partial charge on any atom is 0.303 e. The lowest BCUT2D eigenvalue weighted by molar-refractivity contribution is -0.137. The standard InChI is InChI=1S/C13H24N2O3/c1-2-3-7-14-12(16)10-15-8-6-11(9-15)4-5-13(17)18/h11H,2-10H2,1H3,(H,14,16)(H,17,18). The molecule has 0 aliphatic carbocycles. The van der Waals surface area contributed by atoms with Crippen molar-refractivity contribution < 1.29 is 14.7 Å². The minimum Gasteiger partial charge on any atom is -0.481 e. The molecule has 0 aromatic heterocycles. The fraction of sp³-hybridized carbons (Fsp3) is 0.846. The van der Waals surface area contributed by atoms with Gasteiger partial charge in [-0.15, -0.1) is 0 Å². The lowest BCUT2D eigenvalue weighted by Gasteiger charge is -2.15. The Hall–Kier alpha value is -1.10. The van der Waals surface area contributed by atoms with Crippen LogP contribution in [-0.4, -0.2) is 48.1 Å². The number of hydrogen-bond acceptors (Lipinski definition) is 3. The third kappa shape index (κ3) is 6.00. The normalized spacial score (nSPS) is 19.9. The van der Waals surface area contributed by atoms with Crippen molar-refractivity contribution in [3.63, 3.8) is 0 Å². The zero-order chi connectivity index (χ0) is 13.4. The number of nitrogens with one attached hydrogen (secondary N) is 1. The van der Waals surface area contributed by atoms with Gasteiger partial charge in [-0.3, -0.25) is 14.5 Å². The minimum atomic E-state index is -0.731. The molecule has 1 aliphatic heterocycles. The highest BCUT2D eigenvalue weighted by Crippen LogP contribution is 2.20. The number of aliphatic carboxylic acids is 1. The molecule has 1 unspecified atom stereocenters. The van der Waals surface area contributed by atoms with Crippen molar-refractivity contribution in [2.75, 3.05) is 26.2 Å². The molecule has 1 atom stereocenters. The van der Waals surface area contributed by atoms with Gasteiger partial charge in [0.2, 0.25) is 5.91 Å². The molecule has 1 fully saturated rings. The van der Waals surface area contributed by atoms with E-state index >= 15 is 0 Å². The topological polar surface area (TPSA) is 69.6 Å². The Bertz CT molecular complexity index is 281. The fourth-order valence-corrected chi connectivity index (χ4v) is 2.28. The molecule has 2 N–H and O–H groups in total. The number of carbonyl (C=O) groups excluding carboxylic acids is 1. The SMILES string of the molecule is CCCCNC(=O)CN1CCC(CCC(=O)O)C1. The highest BCUT2D eigenvalue weighted by molar-refractivity contribution is 5.78. The second-order valence-corrected chi connectivity index (χ2v) is 5.03. The second-order valence-electron chi connectivity index (χ2n) is 5.03. The monoisotopic (exact) mass is 256 g/mol. The lowest BCUT2D eigenvalue weighted by Crippen LogP contribution is -2.36. The van der Waals surface area contributed by atoms with Crippen molar-refractivity contribution in [2.45, 2.75) is 39.0 Å². The first kappa shape index (κ1) is 15.0. The highest BCUT2D eigenvalue weighted by Gasteiger charge is 2.24. The molecular weight excluding hydrogens is 232 g/mol. The Balaban J connectivity index is 2.13. The van der Waals surface area contributed by atoms with Crippen LogP contribution in [0.25, 0.3) is 0 Å². The zero-order valence-corrected chi connectivity index (χ0v) is 11.2. The number of unbranched alkanes of at least 4 members (excludes halogenated alkanes) is 1. The van der Waals surface area contributed by atoms with Gasteiger partial charge in [0.1, 0.15) is 0 Å². The average Bonchev–Trinajstić information content (AvgIpc) is 2.74. The van der Waals surface area contributed by atoms with Gasteiger partial charge in [0.05, 0.1) is 6.54 Å². The van der Waals surface area contributed by atoms with Gasteiger partial charge in [0.15, 0.2) is 0 Å². The summed E-state index contributed by atoms with van der Waals surface area (Å²) in [5, 5.41) is 11.5. The van der Waals surface area contributed by atoms with Gasteiger partial charge in [-0.25, -0.2) is 0 Å². The van der Waals surface area contributed by atoms with E-state index in [4.69, 9.17) is 5.11 Å². The van der Waals surface area contributed by atoms with Crippen LogP contribution in [0.4, 0.5) is 0 Å². The fourth-order valence-electron chi connectivity index (χ4n) is 2.28. The van der Waals surface area contributed by atoms with E-state index in [1.807, 2.05) is 0 Å². The van der Waals surface area contributed by atoms with Crippen LogP contribution >= 0.6 is 0 Å². The van der Waals surface area contributed by atoms with Crippen molar-refractivity contribution in [1.82, 2.24) is 10.2 Å². The molecule has 5 nitrogen and oxygen atoms in total. The molecule has 0 bridgehead atoms. The van der Waals surface area contributed by atoms with Crippen LogP contribution in [0.2, 0.25) is 0 Å².